The van der Waals surface area contributed by atoms with E-state index in [-0.39, 0.29) is 5.82 Å². The Morgan fingerprint density at radius 3 is 2.55 bits per heavy atom. The number of benzene rings is 2. The second kappa shape index (κ2) is 10.6. The fourth-order valence-electron chi connectivity index (χ4n) is 4.20. The van der Waals surface area contributed by atoms with Gasteiger partial charge >= 0.3 is 0 Å². The lowest BCUT2D eigenvalue weighted by Crippen LogP contribution is -2.40. The molecule has 5 heteroatoms. The second-order valence-electron chi connectivity index (χ2n) is 8.07. The molecular formula is C24H33FN2O2. The molecule has 1 aliphatic rings. The molecule has 1 saturated heterocycles. The molecule has 2 aromatic carbocycles. The minimum absolute atomic E-state index is 0.307. The maximum absolute atomic E-state index is 13.6. The van der Waals surface area contributed by atoms with E-state index in [1.165, 1.54) is 38.1 Å². The van der Waals surface area contributed by atoms with Crippen LogP contribution in [-0.2, 0) is 13.0 Å². The quantitative estimate of drug-likeness (QED) is 0.629. The summed E-state index contributed by atoms with van der Waals surface area (Å²) in [6.45, 7) is 5.29. The maximum Gasteiger partial charge on any atom is 0.165 e. The predicted molar refractivity (Wildman–Crippen MR) is 115 cm³/mol. The lowest BCUT2D eigenvalue weighted by Gasteiger charge is -2.34. The molecule has 0 N–H and O–H groups in total. The van der Waals surface area contributed by atoms with Gasteiger partial charge in [-0.25, -0.2) is 4.39 Å². The van der Waals surface area contributed by atoms with Gasteiger partial charge in [0, 0.05) is 26.2 Å². The van der Waals surface area contributed by atoms with Gasteiger partial charge in [-0.1, -0.05) is 18.2 Å². The molecule has 0 amide bonds. The topological polar surface area (TPSA) is 24.9 Å². The number of halogens is 1. The van der Waals surface area contributed by atoms with E-state index >= 15 is 0 Å². The highest BCUT2D eigenvalue weighted by atomic mass is 19.1. The monoisotopic (exact) mass is 400 g/mol. The minimum Gasteiger partial charge on any atom is -0.497 e. The standard InChI is InChI=1S/C24H33FN2O2/c1-26(16-20-8-11-23(25)24(15-20)29-3)17-21-5-4-13-27(18-21)14-12-19-6-9-22(28-2)10-7-19/h6-11,15,21H,4-5,12-14,16-18H2,1-3H3. The zero-order valence-corrected chi connectivity index (χ0v) is 17.9. The van der Waals surface area contributed by atoms with Gasteiger partial charge in [0.15, 0.2) is 11.6 Å². The number of hydrogen-bond acceptors (Lipinski definition) is 4. The summed E-state index contributed by atoms with van der Waals surface area (Å²) >= 11 is 0. The molecule has 1 fully saturated rings. The van der Waals surface area contributed by atoms with Crippen LogP contribution in [0.2, 0.25) is 0 Å². The Kier molecular flexibility index (Phi) is 7.90. The molecule has 158 valence electrons. The van der Waals surface area contributed by atoms with Crippen LogP contribution in [0.1, 0.15) is 24.0 Å². The summed E-state index contributed by atoms with van der Waals surface area (Å²) in [6.07, 6.45) is 3.60. The molecule has 29 heavy (non-hydrogen) atoms. The van der Waals surface area contributed by atoms with Crippen LogP contribution >= 0.6 is 0 Å². The third-order valence-corrected chi connectivity index (χ3v) is 5.72. The van der Waals surface area contributed by atoms with Gasteiger partial charge < -0.3 is 19.3 Å². The molecule has 1 aliphatic heterocycles. The van der Waals surface area contributed by atoms with E-state index in [2.05, 4.69) is 29.0 Å². The largest absolute Gasteiger partial charge is 0.497 e. The molecular weight excluding hydrogens is 367 g/mol. The normalized spacial score (nSPS) is 17.5. The van der Waals surface area contributed by atoms with Gasteiger partial charge in [0.1, 0.15) is 5.75 Å². The van der Waals surface area contributed by atoms with Crippen molar-refractivity contribution in [3.8, 4) is 11.5 Å². The molecule has 0 spiro atoms. The number of nitrogens with zero attached hydrogens (tertiary/aromatic N) is 2. The van der Waals surface area contributed by atoms with Crippen LogP contribution in [0.3, 0.4) is 0 Å². The lowest BCUT2D eigenvalue weighted by atomic mass is 9.97. The molecule has 1 unspecified atom stereocenters. The maximum atomic E-state index is 13.6. The van der Waals surface area contributed by atoms with E-state index in [9.17, 15) is 4.39 Å². The van der Waals surface area contributed by atoms with E-state index < -0.39 is 0 Å². The van der Waals surface area contributed by atoms with Crippen molar-refractivity contribution in [2.75, 3.05) is 47.4 Å². The van der Waals surface area contributed by atoms with Gasteiger partial charge in [-0.05, 0) is 74.2 Å². The SMILES string of the molecule is COc1ccc(CCN2CCCC(CN(C)Cc3ccc(F)c(OC)c3)C2)cc1. The summed E-state index contributed by atoms with van der Waals surface area (Å²) in [6, 6.07) is 13.5. The molecule has 0 aliphatic carbocycles. The molecule has 2 aromatic rings. The first-order chi connectivity index (χ1) is 14.1. The summed E-state index contributed by atoms with van der Waals surface area (Å²) in [5, 5.41) is 0. The highest BCUT2D eigenvalue weighted by molar-refractivity contribution is 5.30. The number of ether oxygens (including phenoxy) is 2. The number of piperidine rings is 1. The van der Waals surface area contributed by atoms with Crippen LogP contribution in [-0.4, -0.2) is 57.2 Å². The van der Waals surface area contributed by atoms with Crippen molar-refractivity contribution in [1.29, 1.82) is 0 Å². The number of methoxy groups -OCH3 is 2. The fraction of sp³-hybridized carbons (Fsp3) is 0.500. The third-order valence-electron chi connectivity index (χ3n) is 5.72. The average molecular weight is 401 g/mol. The van der Waals surface area contributed by atoms with Crippen molar-refractivity contribution in [3.63, 3.8) is 0 Å². The first kappa shape index (κ1) is 21.6. The van der Waals surface area contributed by atoms with Crippen molar-refractivity contribution < 1.29 is 13.9 Å². The average Bonchev–Trinajstić information content (AvgIpc) is 2.74. The highest BCUT2D eigenvalue weighted by Gasteiger charge is 2.21. The lowest BCUT2D eigenvalue weighted by molar-refractivity contribution is 0.142. The molecule has 0 saturated carbocycles. The Morgan fingerprint density at radius 1 is 1.07 bits per heavy atom. The Labute approximate surface area is 174 Å². The Bertz CT molecular complexity index is 766. The van der Waals surface area contributed by atoms with Crippen molar-refractivity contribution in [3.05, 3.63) is 59.4 Å². The summed E-state index contributed by atoms with van der Waals surface area (Å²) in [7, 11) is 5.35. The molecule has 1 atom stereocenters. The van der Waals surface area contributed by atoms with Gasteiger partial charge in [-0.3, -0.25) is 0 Å². The van der Waals surface area contributed by atoms with Crippen LogP contribution in [0, 0.1) is 11.7 Å². The van der Waals surface area contributed by atoms with E-state index in [4.69, 9.17) is 9.47 Å². The van der Waals surface area contributed by atoms with Gasteiger partial charge in [0.25, 0.3) is 0 Å². The van der Waals surface area contributed by atoms with Crippen LogP contribution in [0.4, 0.5) is 4.39 Å². The smallest absolute Gasteiger partial charge is 0.165 e. The number of rotatable bonds is 9. The number of likely N-dealkylation sites (tertiary alicyclic amines) is 1. The minimum atomic E-state index is -0.307. The third kappa shape index (κ3) is 6.44. The van der Waals surface area contributed by atoms with Crippen LogP contribution in [0.25, 0.3) is 0 Å². The first-order valence-corrected chi connectivity index (χ1v) is 10.4. The zero-order valence-electron chi connectivity index (χ0n) is 17.9. The summed E-state index contributed by atoms with van der Waals surface area (Å²) in [5.74, 6) is 1.59. The molecule has 0 bridgehead atoms. The second-order valence-corrected chi connectivity index (χ2v) is 8.07. The van der Waals surface area contributed by atoms with Crippen molar-refractivity contribution in [1.82, 2.24) is 9.80 Å². The van der Waals surface area contributed by atoms with Crippen LogP contribution in [0.5, 0.6) is 11.5 Å². The summed E-state index contributed by atoms with van der Waals surface area (Å²) in [5.41, 5.74) is 2.44. The van der Waals surface area contributed by atoms with E-state index in [0.29, 0.717) is 11.7 Å². The Hall–Kier alpha value is -2.11. The van der Waals surface area contributed by atoms with Gasteiger partial charge in [0.05, 0.1) is 14.2 Å². The highest BCUT2D eigenvalue weighted by Crippen LogP contribution is 2.21. The van der Waals surface area contributed by atoms with Gasteiger partial charge in [-0.2, -0.15) is 0 Å². The van der Waals surface area contributed by atoms with E-state index in [0.717, 1.165) is 43.9 Å². The first-order valence-electron chi connectivity index (χ1n) is 10.4. The molecule has 0 aromatic heterocycles. The fourth-order valence-corrected chi connectivity index (χ4v) is 4.20. The number of hydrogen-bond donors (Lipinski definition) is 0. The van der Waals surface area contributed by atoms with Crippen molar-refractivity contribution in [2.45, 2.75) is 25.8 Å². The van der Waals surface area contributed by atoms with Crippen molar-refractivity contribution in [2.24, 2.45) is 5.92 Å². The van der Waals surface area contributed by atoms with Crippen LogP contribution in [0.15, 0.2) is 42.5 Å². The van der Waals surface area contributed by atoms with E-state index in [1.807, 2.05) is 18.2 Å². The summed E-state index contributed by atoms with van der Waals surface area (Å²) < 4.78 is 23.9. The molecule has 4 nitrogen and oxygen atoms in total. The molecule has 3 rings (SSSR count). The van der Waals surface area contributed by atoms with Crippen molar-refractivity contribution >= 4 is 0 Å². The summed E-state index contributed by atoms with van der Waals surface area (Å²) in [4.78, 5) is 4.93. The van der Waals surface area contributed by atoms with Gasteiger partial charge in [-0.15, -0.1) is 0 Å². The Morgan fingerprint density at radius 2 is 1.83 bits per heavy atom. The molecule has 0 radical (unpaired) electrons. The Balaban J connectivity index is 1.46. The predicted octanol–water partition coefficient (Wildman–Crippen LogP) is 4.23. The van der Waals surface area contributed by atoms with Gasteiger partial charge in [0.2, 0.25) is 0 Å². The van der Waals surface area contributed by atoms with E-state index in [1.54, 1.807) is 13.2 Å². The zero-order chi connectivity index (χ0) is 20.6. The van der Waals surface area contributed by atoms with Crippen LogP contribution < -0.4 is 9.47 Å². The molecule has 1 heterocycles.